The molecule has 3 aliphatic rings. The fraction of sp³-hybridized carbons (Fsp3) is 0.0833. The number of terminal acetylenes is 1. The van der Waals surface area contributed by atoms with E-state index in [1.54, 1.807) is 12.1 Å². The summed E-state index contributed by atoms with van der Waals surface area (Å²) in [5, 5.41) is 176. The number of hydrogen-bond acceptors (Lipinski definition) is 16. The highest BCUT2D eigenvalue weighted by Crippen LogP contribution is 2.63. The van der Waals surface area contributed by atoms with Crippen molar-refractivity contribution >= 4 is 35.5 Å². The first kappa shape index (κ1) is 41.9. The molecule has 0 saturated carbocycles. The lowest BCUT2D eigenvalue weighted by atomic mass is 9.57. The van der Waals surface area contributed by atoms with Gasteiger partial charge in [0.25, 0.3) is 0 Å². The third-order valence-electron chi connectivity index (χ3n) is 12.5. The van der Waals surface area contributed by atoms with E-state index in [4.69, 9.17) is 14.3 Å². The summed E-state index contributed by atoms with van der Waals surface area (Å²) in [5.41, 5.74) is -1.75. The lowest BCUT2D eigenvalue weighted by molar-refractivity contribution is 0.273. The maximum atomic E-state index is 12.6. The second-order valence-electron chi connectivity index (χ2n) is 15.6. The predicted octanol–water partition coefficient (Wildman–Crippen LogP) is 5.15. The van der Waals surface area contributed by atoms with Gasteiger partial charge in [-0.3, -0.25) is 0 Å². The first-order valence-electron chi connectivity index (χ1n) is 19.4. The van der Waals surface area contributed by atoms with Gasteiger partial charge in [0.15, 0.2) is 46.0 Å². The number of aromatic nitrogens is 1. The highest BCUT2D eigenvalue weighted by Gasteiger charge is 2.46. The molecule has 2 bridgehead atoms. The molecule has 2 radical (unpaired) electrons. The Morgan fingerprint density at radius 3 is 1.77 bits per heavy atom. The fourth-order valence-corrected chi connectivity index (χ4v) is 9.76. The van der Waals surface area contributed by atoms with Crippen molar-refractivity contribution in [3.63, 3.8) is 0 Å². The number of aliphatic hydroxyl groups excluding tert-OH is 2. The molecule has 2 atom stereocenters. The normalized spacial score (nSPS) is 14.7. The smallest absolute Gasteiger partial charge is 0.206 e. The van der Waals surface area contributed by atoms with Gasteiger partial charge >= 0.3 is 0 Å². The van der Waals surface area contributed by atoms with Crippen LogP contribution >= 0.6 is 0 Å². The van der Waals surface area contributed by atoms with Gasteiger partial charge in [0.1, 0.15) is 30.6 Å². The molecule has 66 heavy (non-hydrogen) atoms. The van der Waals surface area contributed by atoms with Gasteiger partial charge in [-0.05, 0) is 69.0 Å². The lowest BCUT2D eigenvalue weighted by Gasteiger charge is -2.44. The number of rotatable bonds is 5. The van der Waals surface area contributed by atoms with Gasteiger partial charge in [-0.25, -0.2) is 0 Å². The number of fused-ring (bicyclic) bond motifs is 1. The number of allylic oxidation sites excluding steroid dienone is 1. The maximum absolute atomic E-state index is 12.6. The van der Waals surface area contributed by atoms with Crippen molar-refractivity contribution in [2.75, 3.05) is 0 Å². The summed E-state index contributed by atoms with van der Waals surface area (Å²) >= 11 is 0. The van der Waals surface area contributed by atoms with E-state index in [9.17, 15) is 82.0 Å². The molecule has 14 N–H and O–H groups in total. The van der Waals surface area contributed by atoms with Crippen LogP contribution in [-0.2, 0) is 6.61 Å². The highest BCUT2D eigenvalue weighted by molar-refractivity contribution is 6.37. The van der Waals surface area contributed by atoms with E-state index in [1.807, 2.05) is 31.2 Å². The molecule has 0 fully saturated rings. The van der Waals surface area contributed by atoms with Crippen LogP contribution in [0.3, 0.4) is 0 Å². The molecule has 0 amide bonds. The van der Waals surface area contributed by atoms with Crippen LogP contribution in [0, 0.1) is 41.9 Å². The van der Waals surface area contributed by atoms with Crippen molar-refractivity contribution in [2.45, 2.75) is 25.4 Å². The molecule has 3 aliphatic carbocycles. The number of phenols is 12. The second kappa shape index (κ2) is 14.3. The van der Waals surface area contributed by atoms with E-state index >= 15 is 0 Å². The second-order valence-corrected chi connectivity index (χ2v) is 15.6. The number of aryl methyl sites for hydroxylation is 1. The standard InChI is InChI=1S/C48H30BN3O14/c1-3-18(19-11-10-17(13-51)25-27(19)26-20-8-4-6-15(2)23(20)29(25)24-16(12-50)7-5-9-21(24)26)36(54)28-22(14-53)52(34-30(28)38(56)47(65)48(66)43(34)61)35-44(62)39(57)32(40(58)45(35)63)31-37(55)33(49)42(60)46(64)41(31)59/h1,4-11,26,29,53-66H,14H2,2H3/b36-18-. The van der Waals surface area contributed by atoms with Gasteiger partial charge < -0.3 is 76.1 Å². The number of phenolic OH excluding ortho intramolecular Hbond substituents is 12. The maximum Gasteiger partial charge on any atom is 0.206 e. The lowest BCUT2D eigenvalue weighted by Crippen LogP contribution is -2.31. The van der Waals surface area contributed by atoms with E-state index < -0.39 is 138 Å². The number of benzene rings is 6. The zero-order valence-corrected chi connectivity index (χ0v) is 33.7. The number of hydrogen-bond donors (Lipinski definition) is 14. The summed E-state index contributed by atoms with van der Waals surface area (Å²) in [5.74, 6) is -16.6. The van der Waals surface area contributed by atoms with Gasteiger partial charge in [0.2, 0.25) is 17.2 Å². The quantitative estimate of drug-likeness (QED) is 0.0349. The third-order valence-corrected chi connectivity index (χ3v) is 12.5. The van der Waals surface area contributed by atoms with E-state index in [0.29, 0.717) is 32.4 Å². The Hall–Kier alpha value is -9.44. The molecule has 0 saturated heterocycles. The largest absolute Gasteiger partial charge is 0.508 e. The first-order chi connectivity index (χ1) is 31.4. The fourth-order valence-electron chi connectivity index (χ4n) is 9.76. The zero-order valence-electron chi connectivity index (χ0n) is 33.7. The molecule has 0 spiro atoms. The van der Waals surface area contributed by atoms with Crippen LogP contribution in [0.1, 0.15) is 78.7 Å². The van der Waals surface area contributed by atoms with Crippen molar-refractivity contribution in [3.05, 3.63) is 115 Å². The van der Waals surface area contributed by atoms with Crippen LogP contribution in [0.2, 0.25) is 0 Å². The van der Waals surface area contributed by atoms with E-state index in [1.165, 1.54) is 12.1 Å². The molecule has 1 heterocycles. The molecule has 6 aromatic carbocycles. The van der Waals surface area contributed by atoms with Gasteiger partial charge in [0, 0.05) is 11.8 Å². The van der Waals surface area contributed by atoms with Crippen molar-refractivity contribution in [2.24, 2.45) is 0 Å². The molecular weight excluding hydrogens is 853 g/mol. The summed E-state index contributed by atoms with van der Waals surface area (Å²) in [6.45, 7) is 0.597. The molecule has 17 nitrogen and oxygen atoms in total. The molecule has 0 aliphatic heterocycles. The van der Waals surface area contributed by atoms with Crippen molar-refractivity contribution in [1.82, 2.24) is 4.57 Å². The van der Waals surface area contributed by atoms with Gasteiger partial charge in [-0.1, -0.05) is 42.3 Å². The van der Waals surface area contributed by atoms with Crippen molar-refractivity contribution < 1.29 is 71.5 Å². The Kier molecular flexibility index (Phi) is 9.08. The van der Waals surface area contributed by atoms with Crippen LogP contribution in [0.5, 0.6) is 69.0 Å². The number of aromatic hydroxyl groups is 12. The molecule has 2 unspecified atom stereocenters. The third kappa shape index (κ3) is 5.08. The Morgan fingerprint density at radius 2 is 1.17 bits per heavy atom. The van der Waals surface area contributed by atoms with Crippen LogP contribution < -0.4 is 5.46 Å². The SMILES string of the molecule is [B]c1c(O)c(O)c(O)c(-c2c(O)c(O)c(-n3c(CO)c(/C(O)=C(\C#C)c4ccc(C#N)c5c4C4c6cccc(C)c6C5c5c(C#N)cccc54)c4c(O)c(O)c(O)c(O)c43)c(O)c2O)c1O. The summed E-state index contributed by atoms with van der Waals surface area (Å²) in [7, 11) is 5.63. The first-order valence-corrected chi connectivity index (χ1v) is 19.4. The molecular formula is C48H30BN3O14. The summed E-state index contributed by atoms with van der Waals surface area (Å²) in [6, 6.07) is 18.2. The van der Waals surface area contributed by atoms with Gasteiger partial charge in [-0.2, -0.15) is 10.5 Å². The van der Waals surface area contributed by atoms with Crippen LogP contribution in [0.25, 0.3) is 39.0 Å². The average Bonchev–Trinajstić information content (AvgIpc) is 3.66. The highest BCUT2D eigenvalue weighted by atomic mass is 16.4. The molecule has 18 heteroatoms. The Labute approximate surface area is 372 Å². The summed E-state index contributed by atoms with van der Waals surface area (Å²) < 4.78 is 0.467. The topological polar surface area (TPSA) is 336 Å². The van der Waals surface area contributed by atoms with Crippen molar-refractivity contribution in [1.29, 1.82) is 10.5 Å². The van der Waals surface area contributed by atoms with Crippen LogP contribution in [0.15, 0.2) is 48.5 Å². The minimum atomic E-state index is -1.51. The van der Waals surface area contributed by atoms with Crippen LogP contribution in [0.4, 0.5) is 0 Å². The minimum absolute atomic E-state index is 0.122. The number of nitrogens with zero attached hydrogens (tertiary/aromatic N) is 3. The molecule has 324 valence electrons. The Bertz CT molecular complexity index is 3530. The molecule has 7 aromatic rings. The van der Waals surface area contributed by atoms with E-state index in [2.05, 4.69) is 18.1 Å². The van der Waals surface area contributed by atoms with Gasteiger partial charge in [0.05, 0.1) is 63.2 Å². The predicted molar refractivity (Wildman–Crippen MR) is 234 cm³/mol. The van der Waals surface area contributed by atoms with Crippen LogP contribution in [-0.4, -0.2) is 83.9 Å². The summed E-state index contributed by atoms with van der Waals surface area (Å²) in [4.78, 5) is 0. The van der Waals surface area contributed by atoms with Crippen molar-refractivity contribution in [3.8, 4) is 110 Å². The Morgan fingerprint density at radius 1 is 0.621 bits per heavy atom. The monoisotopic (exact) mass is 883 g/mol. The summed E-state index contributed by atoms with van der Waals surface area (Å²) in [6.07, 6.45) is 6.22. The molecule has 10 rings (SSSR count). The van der Waals surface area contributed by atoms with E-state index in [0.717, 1.165) is 16.7 Å². The average molecular weight is 884 g/mol. The van der Waals surface area contributed by atoms with E-state index in [-0.39, 0.29) is 16.7 Å². The zero-order chi connectivity index (χ0) is 47.7. The minimum Gasteiger partial charge on any atom is -0.508 e. The van der Waals surface area contributed by atoms with Gasteiger partial charge in [-0.15, -0.1) is 6.42 Å². The number of aliphatic hydroxyl groups is 2. The number of nitriles is 2. The molecule has 1 aromatic heterocycles. The Balaban J connectivity index is 1.40.